The van der Waals surface area contributed by atoms with Crippen LogP contribution in [0.5, 0.6) is 0 Å². The second kappa shape index (κ2) is 11.9. The van der Waals surface area contributed by atoms with Crippen molar-refractivity contribution in [2.45, 2.75) is 32.4 Å². The van der Waals surface area contributed by atoms with Gasteiger partial charge in [0.1, 0.15) is 5.82 Å². The van der Waals surface area contributed by atoms with E-state index in [2.05, 4.69) is 56.5 Å². The average Bonchev–Trinajstić information content (AvgIpc) is 3.26. The van der Waals surface area contributed by atoms with Crippen molar-refractivity contribution in [1.82, 2.24) is 20.5 Å². The number of aromatic nitrogens is 1. The molecule has 1 aromatic heterocycles. The summed E-state index contributed by atoms with van der Waals surface area (Å²) in [6.45, 7) is 10.9. The number of aliphatic imine (C=N–C) groups is 1. The Hall–Kier alpha value is -1.90. The third-order valence-corrected chi connectivity index (χ3v) is 5.26. The van der Waals surface area contributed by atoms with E-state index in [4.69, 9.17) is 9.47 Å². The van der Waals surface area contributed by atoms with Gasteiger partial charge < -0.3 is 29.9 Å². The average molecular weight is 405 g/mol. The molecule has 0 radical (unpaired) electrons. The number of rotatable bonds is 9. The van der Waals surface area contributed by atoms with Gasteiger partial charge in [0.25, 0.3) is 0 Å². The Morgan fingerprint density at radius 1 is 1.28 bits per heavy atom. The fourth-order valence-corrected chi connectivity index (χ4v) is 3.42. The zero-order valence-corrected chi connectivity index (χ0v) is 17.9. The van der Waals surface area contributed by atoms with Gasteiger partial charge in [-0.25, -0.2) is 9.98 Å². The molecule has 8 heteroatoms. The van der Waals surface area contributed by atoms with Gasteiger partial charge in [0.05, 0.1) is 19.3 Å². The molecule has 8 nitrogen and oxygen atoms in total. The molecular formula is C21H36N6O2. The lowest BCUT2D eigenvalue weighted by Crippen LogP contribution is -2.44. The quantitative estimate of drug-likeness (QED) is 0.362. The second-order valence-electron chi connectivity index (χ2n) is 7.65. The van der Waals surface area contributed by atoms with Crippen molar-refractivity contribution in [3.8, 4) is 0 Å². The molecule has 0 bridgehead atoms. The fraction of sp³-hybridized carbons (Fsp3) is 0.714. The second-order valence-corrected chi connectivity index (χ2v) is 7.65. The molecule has 162 valence electrons. The highest BCUT2D eigenvalue weighted by molar-refractivity contribution is 5.79. The zero-order valence-electron chi connectivity index (χ0n) is 17.9. The van der Waals surface area contributed by atoms with Gasteiger partial charge in [0.15, 0.2) is 5.96 Å². The number of ether oxygens (including phenoxy) is 2. The summed E-state index contributed by atoms with van der Waals surface area (Å²) >= 11 is 0. The maximum atomic E-state index is 5.80. The van der Waals surface area contributed by atoms with E-state index in [9.17, 15) is 0 Å². The van der Waals surface area contributed by atoms with Crippen LogP contribution in [0.3, 0.4) is 0 Å². The van der Waals surface area contributed by atoms with Crippen LogP contribution in [0.25, 0.3) is 0 Å². The first-order valence-corrected chi connectivity index (χ1v) is 10.8. The molecule has 2 aliphatic rings. The van der Waals surface area contributed by atoms with Crippen molar-refractivity contribution in [2.24, 2.45) is 4.99 Å². The summed E-state index contributed by atoms with van der Waals surface area (Å²) in [5.74, 6) is 1.89. The van der Waals surface area contributed by atoms with E-state index in [1.165, 1.54) is 0 Å². The summed E-state index contributed by atoms with van der Waals surface area (Å²) in [4.78, 5) is 14.0. The molecule has 2 saturated heterocycles. The third kappa shape index (κ3) is 7.45. The first kappa shape index (κ1) is 21.8. The first-order valence-electron chi connectivity index (χ1n) is 10.8. The highest BCUT2D eigenvalue weighted by Gasteiger charge is 2.16. The molecule has 3 rings (SSSR count). The molecule has 0 aliphatic carbocycles. The van der Waals surface area contributed by atoms with E-state index in [0.29, 0.717) is 6.54 Å². The molecule has 2 aliphatic heterocycles. The number of nitrogens with one attached hydrogen (secondary N) is 2. The van der Waals surface area contributed by atoms with E-state index in [0.717, 1.165) is 89.3 Å². The largest absolute Gasteiger partial charge is 0.379 e. The van der Waals surface area contributed by atoms with Crippen LogP contribution in [0, 0.1) is 0 Å². The summed E-state index contributed by atoms with van der Waals surface area (Å²) in [7, 11) is 2.17. The molecule has 29 heavy (non-hydrogen) atoms. The maximum absolute atomic E-state index is 5.80. The molecule has 0 saturated carbocycles. The Bertz CT molecular complexity index is 610. The summed E-state index contributed by atoms with van der Waals surface area (Å²) in [5.41, 5.74) is 1.12. The lowest BCUT2D eigenvalue weighted by Gasteiger charge is -2.33. The molecule has 0 amide bonds. The Morgan fingerprint density at radius 2 is 2.14 bits per heavy atom. The van der Waals surface area contributed by atoms with Crippen molar-refractivity contribution < 1.29 is 9.47 Å². The molecule has 0 spiro atoms. The van der Waals surface area contributed by atoms with E-state index < -0.39 is 0 Å². The molecular weight excluding hydrogens is 368 g/mol. The Balaban J connectivity index is 1.40. The number of likely N-dealkylation sites (N-methyl/N-ethyl adjacent to an activating group) is 1. The summed E-state index contributed by atoms with van der Waals surface area (Å²) in [6.07, 6.45) is 4.18. The number of piperazine rings is 1. The number of pyridine rings is 1. The van der Waals surface area contributed by atoms with Crippen LogP contribution in [-0.4, -0.2) is 88.1 Å². The molecule has 3 heterocycles. The van der Waals surface area contributed by atoms with Crippen LogP contribution in [0.1, 0.15) is 25.3 Å². The van der Waals surface area contributed by atoms with Gasteiger partial charge in [-0.15, -0.1) is 0 Å². The SMILES string of the molecule is CCNC(=NCc1ccc(N2CCN(C)CC2)nc1)NCCCOC1CCOC1. The number of anilines is 1. The molecule has 2 N–H and O–H groups in total. The minimum atomic E-state index is 0.276. The predicted octanol–water partition coefficient (Wildman–Crippen LogP) is 1.08. The first-order chi connectivity index (χ1) is 14.2. The Kier molecular flexibility index (Phi) is 8.98. The smallest absolute Gasteiger partial charge is 0.191 e. The molecule has 1 atom stereocenters. The van der Waals surface area contributed by atoms with Crippen LogP contribution in [0.15, 0.2) is 23.3 Å². The zero-order chi connectivity index (χ0) is 20.3. The fourth-order valence-electron chi connectivity index (χ4n) is 3.42. The maximum Gasteiger partial charge on any atom is 0.191 e. The minimum absolute atomic E-state index is 0.276. The van der Waals surface area contributed by atoms with Crippen molar-refractivity contribution >= 4 is 11.8 Å². The standard InChI is InChI=1S/C21H36N6O2/c1-3-22-21(23-8-4-13-29-19-7-14-28-17-19)25-16-18-5-6-20(24-15-18)27-11-9-26(2)10-12-27/h5-6,15,19H,3-4,7-14,16-17H2,1-2H3,(H2,22,23,25). The third-order valence-electron chi connectivity index (χ3n) is 5.26. The van der Waals surface area contributed by atoms with Gasteiger partial charge in [-0.05, 0) is 38.4 Å². The van der Waals surface area contributed by atoms with Crippen molar-refractivity contribution in [3.05, 3.63) is 23.9 Å². The number of nitrogens with zero attached hydrogens (tertiary/aromatic N) is 4. The van der Waals surface area contributed by atoms with Gasteiger partial charge in [0.2, 0.25) is 0 Å². The van der Waals surface area contributed by atoms with Crippen molar-refractivity contribution in [3.63, 3.8) is 0 Å². The van der Waals surface area contributed by atoms with Crippen molar-refractivity contribution in [2.75, 3.05) is 71.0 Å². The van der Waals surface area contributed by atoms with Crippen LogP contribution < -0.4 is 15.5 Å². The van der Waals surface area contributed by atoms with E-state index in [1.54, 1.807) is 0 Å². The Labute approximate surface area is 174 Å². The van der Waals surface area contributed by atoms with Crippen LogP contribution in [0.2, 0.25) is 0 Å². The van der Waals surface area contributed by atoms with Gasteiger partial charge in [-0.2, -0.15) is 0 Å². The normalized spacial score (nSPS) is 20.8. The highest BCUT2D eigenvalue weighted by atomic mass is 16.5. The number of guanidine groups is 1. The highest BCUT2D eigenvalue weighted by Crippen LogP contribution is 2.14. The van der Waals surface area contributed by atoms with Gasteiger partial charge >= 0.3 is 0 Å². The van der Waals surface area contributed by atoms with E-state index in [1.807, 2.05) is 6.20 Å². The Morgan fingerprint density at radius 3 is 2.83 bits per heavy atom. The summed E-state index contributed by atoms with van der Waals surface area (Å²) < 4.78 is 11.1. The number of hydrogen-bond donors (Lipinski definition) is 2. The molecule has 0 aromatic carbocycles. The van der Waals surface area contributed by atoms with Gasteiger partial charge in [0, 0.05) is 58.7 Å². The van der Waals surface area contributed by atoms with Crippen molar-refractivity contribution in [1.29, 1.82) is 0 Å². The lowest BCUT2D eigenvalue weighted by atomic mass is 10.2. The van der Waals surface area contributed by atoms with Crippen LogP contribution in [0.4, 0.5) is 5.82 Å². The van der Waals surface area contributed by atoms with Crippen LogP contribution >= 0.6 is 0 Å². The molecule has 1 aromatic rings. The topological polar surface area (TPSA) is 74.3 Å². The summed E-state index contributed by atoms with van der Waals surface area (Å²) in [6, 6.07) is 4.24. The van der Waals surface area contributed by atoms with Gasteiger partial charge in [-0.1, -0.05) is 6.07 Å². The van der Waals surface area contributed by atoms with Gasteiger partial charge in [-0.3, -0.25) is 0 Å². The van der Waals surface area contributed by atoms with E-state index >= 15 is 0 Å². The number of hydrogen-bond acceptors (Lipinski definition) is 6. The van der Waals surface area contributed by atoms with E-state index in [-0.39, 0.29) is 6.10 Å². The monoisotopic (exact) mass is 404 g/mol. The predicted molar refractivity (Wildman–Crippen MR) is 117 cm³/mol. The van der Waals surface area contributed by atoms with Crippen LogP contribution in [-0.2, 0) is 16.0 Å². The lowest BCUT2D eigenvalue weighted by molar-refractivity contribution is 0.0420. The molecule has 1 unspecified atom stereocenters. The minimum Gasteiger partial charge on any atom is -0.379 e. The summed E-state index contributed by atoms with van der Waals surface area (Å²) in [5, 5.41) is 6.67. The molecule has 2 fully saturated rings.